The predicted molar refractivity (Wildman–Crippen MR) is 84.2 cm³/mol. The van der Waals surface area contributed by atoms with Gasteiger partial charge < -0.3 is 0 Å². The molecule has 0 amide bonds. The van der Waals surface area contributed by atoms with E-state index in [9.17, 15) is 19.7 Å². The highest BCUT2D eigenvalue weighted by atomic mass is 16.6. The standard InChI is InChI=1S/C17H23NO4/c1-11(2)16(19)15(17(20)12(3)4)14(10-18(21)22)13-8-6-5-7-9-13/h5-9,11-12,14-15H,10H2,1-4H3. The van der Waals surface area contributed by atoms with Gasteiger partial charge in [-0.2, -0.15) is 0 Å². The van der Waals surface area contributed by atoms with Crippen LogP contribution >= 0.6 is 0 Å². The minimum Gasteiger partial charge on any atom is -0.299 e. The molecule has 22 heavy (non-hydrogen) atoms. The van der Waals surface area contributed by atoms with Crippen molar-refractivity contribution in [3.8, 4) is 0 Å². The SMILES string of the molecule is CC(C)C(=O)C(C(=O)C(C)C)C(C[N+](=O)[O-])c1ccccc1. The number of nitro groups is 1. The minimum atomic E-state index is -0.965. The van der Waals surface area contributed by atoms with Gasteiger partial charge in [-0.3, -0.25) is 19.7 Å². The Labute approximate surface area is 130 Å². The third-order valence-corrected chi connectivity index (χ3v) is 3.73. The first-order valence-corrected chi connectivity index (χ1v) is 7.49. The maximum Gasteiger partial charge on any atom is 0.211 e. The zero-order valence-corrected chi connectivity index (χ0v) is 13.5. The van der Waals surface area contributed by atoms with Crippen LogP contribution in [0.15, 0.2) is 30.3 Å². The number of hydrogen-bond donors (Lipinski definition) is 0. The molecule has 0 saturated heterocycles. The summed E-state index contributed by atoms with van der Waals surface area (Å²) >= 11 is 0. The van der Waals surface area contributed by atoms with Crippen molar-refractivity contribution in [2.75, 3.05) is 6.54 Å². The van der Waals surface area contributed by atoms with Crippen LogP contribution in [0.2, 0.25) is 0 Å². The van der Waals surface area contributed by atoms with E-state index in [1.54, 1.807) is 58.0 Å². The van der Waals surface area contributed by atoms with Crippen LogP contribution < -0.4 is 0 Å². The number of nitrogens with zero attached hydrogens (tertiary/aromatic N) is 1. The minimum absolute atomic E-state index is 0.227. The second kappa shape index (κ2) is 7.82. The van der Waals surface area contributed by atoms with Crippen LogP contribution in [0.3, 0.4) is 0 Å². The highest BCUT2D eigenvalue weighted by Gasteiger charge is 2.40. The second-order valence-electron chi connectivity index (χ2n) is 6.12. The summed E-state index contributed by atoms with van der Waals surface area (Å²) in [5.41, 5.74) is 0.659. The first kappa shape index (κ1) is 18.0. The third kappa shape index (κ3) is 4.48. The Balaban J connectivity index is 3.33. The number of Topliss-reactive ketones (excluding diaryl/α,β-unsaturated/α-hetero) is 2. The monoisotopic (exact) mass is 305 g/mol. The third-order valence-electron chi connectivity index (χ3n) is 3.73. The van der Waals surface area contributed by atoms with Gasteiger partial charge in [0.2, 0.25) is 6.54 Å². The summed E-state index contributed by atoms with van der Waals surface area (Å²) in [6, 6.07) is 8.80. The van der Waals surface area contributed by atoms with Crippen LogP contribution in [0, 0.1) is 27.9 Å². The van der Waals surface area contributed by atoms with Crippen LogP contribution in [0.5, 0.6) is 0 Å². The highest BCUT2D eigenvalue weighted by molar-refractivity contribution is 6.04. The Hall–Kier alpha value is -2.04. The van der Waals surface area contributed by atoms with Crippen LogP contribution in [-0.2, 0) is 9.59 Å². The summed E-state index contributed by atoms with van der Waals surface area (Å²) in [5, 5.41) is 11.1. The number of benzene rings is 1. The molecule has 5 nitrogen and oxygen atoms in total. The second-order valence-corrected chi connectivity index (χ2v) is 6.12. The molecule has 1 unspecified atom stereocenters. The van der Waals surface area contributed by atoms with Gasteiger partial charge in [0, 0.05) is 16.8 Å². The molecule has 1 rings (SSSR count). The van der Waals surface area contributed by atoms with E-state index in [0.717, 1.165) is 0 Å². The Kier molecular flexibility index (Phi) is 6.40. The van der Waals surface area contributed by atoms with Gasteiger partial charge in [-0.25, -0.2) is 0 Å². The molecule has 0 bridgehead atoms. The summed E-state index contributed by atoms with van der Waals surface area (Å²) in [4.78, 5) is 35.7. The molecule has 0 aliphatic rings. The van der Waals surface area contributed by atoms with Gasteiger partial charge in [0.15, 0.2) is 0 Å². The molecule has 0 spiro atoms. The van der Waals surface area contributed by atoms with E-state index in [0.29, 0.717) is 5.56 Å². The number of carbonyl (C=O) groups excluding carboxylic acids is 2. The lowest BCUT2D eigenvalue weighted by Gasteiger charge is -2.25. The molecule has 0 aromatic heterocycles. The average Bonchev–Trinajstić information content (AvgIpc) is 2.46. The lowest BCUT2D eigenvalue weighted by molar-refractivity contribution is -0.484. The van der Waals surface area contributed by atoms with Crippen molar-refractivity contribution in [1.82, 2.24) is 0 Å². The van der Waals surface area contributed by atoms with E-state index >= 15 is 0 Å². The molecule has 0 heterocycles. The fourth-order valence-corrected chi connectivity index (χ4v) is 2.52. The van der Waals surface area contributed by atoms with Gasteiger partial charge in [-0.15, -0.1) is 0 Å². The van der Waals surface area contributed by atoms with E-state index in [-0.39, 0.29) is 23.4 Å². The highest BCUT2D eigenvalue weighted by Crippen LogP contribution is 2.30. The van der Waals surface area contributed by atoms with Gasteiger partial charge in [-0.1, -0.05) is 58.0 Å². The Bertz CT molecular complexity index is 517. The van der Waals surface area contributed by atoms with Crippen molar-refractivity contribution >= 4 is 11.6 Å². The Morgan fingerprint density at radius 1 is 1.00 bits per heavy atom. The zero-order valence-electron chi connectivity index (χ0n) is 13.5. The lowest BCUT2D eigenvalue weighted by atomic mass is 9.75. The Morgan fingerprint density at radius 3 is 1.82 bits per heavy atom. The molecule has 5 heteroatoms. The molecule has 1 aromatic rings. The van der Waals surface area contributed by atoms with Crippen molar-refractivity contribution in [3.05, 3.63) is 46.0 Å². The van der Waals surface area contributed by atoms with Crippen molar-refractivity contribution in [1.29, 1.82) is 0 Å². The van der Waals surface area contributed by atoms with E-state index in [1.807, 2.05) is 0 Å². The molecular formula is C17H23NO4. The number of ketones is 2. The first-order chi connectivity index (χ1) is 10.3. The summed E-state index contributed by atoms with van der Waals surface area (Å²) in [6.07, 6.45) is 0. The van der Waals surface area contributed by atoms with Gasteiger partial charge in [0.25, 0.3) is 0 Å². The predicted octanol–water partition coefficient (Wildman–Crippen LogP) is 3.11. The molecule has 0 fully saturated rings. The first-order valence-electron chi connectivity index (χ1n) is 7.49. The quantitative estimate of drug-likeness (QED) is 0.420. The van der Waals surface area contributed by atoms with Gasteiger partial charge >= 0.3 is 0 Å². The average molecular weight is 305 g/mol. The van der Waals surface area contributed by atoms with E-state index in [4.69, 9.17) is 0 Å². The summed E-state index contributed by atoms with van der Waals surface area (Å²) in [7, 11) is 0. The van der Waals surface area contributed by atoms with E-state index in [2.05, 4.69) is 0 Å². The molecule has 0 saturated carbocycles. The largest absolute Gasteiger partial charge is 0.299 e. The maximum atomic E-state index is 12.5. The lowest BCUT2D eigenvalue weighted by Crippen LogP contribution is -2.38. The van der Waals surface area contributed by atoms with Crippen LogP contribution in [0.1, 0.15) is 39.2 Å². The zero-order chi connectivity index (χ0) is 16.9. The maximum absolute atomic E-state index is 12.5. The summed E-state index contributed by atoms with van der Waals surface area (Å²) in [5.74, 6) is -2.83. The topological polar surface area (TPSA) is 77.3 Å². The number of carbonyl (C=O) groups is 2. The molecule has 0 N–H and O–H groups in total. The van der Waals surface area contributed by atoms with E-state index < -0.39 is 23.3 Å². The van der Waals surface area contributed by atoms with Gasteiger partial charge in [0.05, 0.1) is 11.8 Å². The van der Waals surface area contributed by atoms with Crippen LogP contribution in [0.4, 0.5) is 0 Å². The Morgan fingerprint density at radius 2 is 1.45 bits per heavy atom. The summed E-state index contributed by atoms with van der Waals surface area (Å²) in [6.45, 7) is 6.45. The van der Waals surface area contributed by atoms with E-state index in [1.165, 1.54) is 0 Å². The summed E-state index contributed by atoms with van der Waals surface area (Å²) < 4.78 is 0. The van der Waals surface area contributed by atoms with Crippen LogP contribution in [-0.4, -0.2) is 23.0 Å². The van der Waals surface area contributed by atoms with Crippen molar-refractivity contribution in [2.45, 2.75) is 33.6 Å². The fraction of sp³-hybridized carbons (Fsp3) is 0.529. The molecule has 0 aliphatic heterocycles. The van der Waals surface area contributed by atoms with Crippen molar-refractivity contribution in [3.63, 3.8) is 0 Å². The molecule has 120 valence electrons. The molecule has 1 aromatic carbocycles. The fourth-order valence-electron chi connectivity index (χ4n) is 2.52. The molecule has 0 aliphatic carbocycles. The van der Waals surface area contributed by atoms with Crippen LogP contribution in [0.25, 0.3) is 0 Å². The molecular weight excluding hydrogens is 282 g/mol. The van der Waals surface area contributed by atoms with Crippen molar-refractivity contribution in [2.24, 2.45) is 17.8 Å². The number of rotatable bonds is 8. The molecule has 0 radical (unpaired) electrons. The number of hydrogen-bond acceptors (Lipinski definition) is 4. The van der Waals surface area contributed by atoms with Gasteiger partial charge in [0.1, 0.15) is 11.6 Å². The van der Waals surface area contributed by atoms with Gasteiger partial charge in [-0.05, 0) is 5.56 Å². The van der Waals surface area contributed by atoms with Crippen molar-refractivity contribution < 1.29 is 14.5 Å². The normalized spacial score (nSPS) is 12.7. The smallest absolute Gasteiger partial charge is 0.211 e. The molecule has 1 atom stereocenters.